The maximum absolute atomic E-state index is 11.8. The molecule has 2 N–H and O–H groups in total. The Morgan fingerprint density at radius 1 is 1.35 bits per heavy atom. The standard InChI is InChI=1S/C15H23N3O2/c1-20-10-7-16-12-15(19)17-13-5-4-6-14(11-13)18-8-2-3-9-18/h4-6,11,16H,2-3,7-10,12H2,1H3,(H,17,19). The van der Waals surface area contributed by atoms with Crippen LogP contribution in [-0.2, 0) is 9.53 Å². The molecule has 5 heteroatoms. The summed E-state index contributed by atoms with van der Waals surface area (Å²) in [6.07, 6.45) is 2.50. The molecule has 1 aliphatic heterocycles. The second kappa shape index (κ2) is 7.87. The number of carbonyl (C=O) groups is 1. The minimum atomic E-state index is -0.0281. The van der Waals surface area contributed by atoms with Crippen LogP contribution in [0.3, 0.4) is 0 Å². The molecule has 0 radical (unpaired) electrons. The highest BCUT2D eigenvalue weighted by atomic mass is 16.5. The fraction of sp³-hybridized carbons (Fsp3) is 0.533. The third-order valence-corrected chi connectivity index (χ3v) is 3.37. The van der Waals surface area contributed by atoms with Gasteiger partial charge in [-0.25, -0.2) is 0 Å². The highest BCUT2D eigenvalue weighted by Gasteiger charge is 2.12. The highest BCUT2D eigenvalue weighted by Crippen LogP contribution is 2.23. The summed E-state index contributed by atoms with van der Waals surface area (Å²) in [5.74, 6) is -0.0281. The van der Waals surface area contributed by atoms with Crippen LogP contribution in [0.15, 0.2) is 24.3 Å². The van der Waals surface area contributed by atoms with Crippen LogP contribution in [0, 0.1) is 0 Å². The Morgan fingerprint density at radius 2 is 2.15 bits per heavy atom. The molecule has 20 heavy (non-hydrogen) atoms. The Balaban J connectivity index is 1.82. The molecular weight excluding hydrogens is 254 g/mol. The van der Waals surface area contributed by atoms with Gasteiger partial charge in [-0.15, -0.1) is 0 Å². The second-order valence-electron chi connectivity index (χ2n) is 4.96. The van der Waals surface area contributed by atoms with Gasteiger partial charge >= 0.3 is 0 Å². The first-order chi connectivity index (χ1) is 9.79. The monoisotopic (exact) mass is 277 g/mol. The third kappa shape index (κ3) is 4.51. The van der Waals surface area contributed by atoms with E-state index in [1.54, 1.807) is 7.11 Å². The topological polar surface area (TPSA) is 53.6 Å². The lowest BCUT2D eigenvalue weighted by molar-refractivity contribution is -0.115. The Kier molecular flexibility index (Phi) is 5.83. The number of amides is 1. The van der Waals surface area contributed by atoms with Crippen LogP contribution in [0.4, 0.5) is 11.4 Å². The minimum absolute atomic E-state index is 0.0281. The maximum atomic E-state index is 11.8. The molecule has 1 heterocycles. The van der Waals surface area contributed by atoms with Gasteiger partial charge in [-0.3, -0.25) is 4.79 Å². The summed E-state index contributed by atoms with van der Waals surface area (Å²) in [5, 5.41) is 5.94. The number of anilines is 2. The van der Waals surface area contributed by atoms with Crippen molar-refractivity contribution in [3.05, 3.63) is 24.3 Å². The molecule has 1 aromatic rings. The molecule has 1 saturated heterocycles. The van der Waals surface area contributed by atoms with Crippen LogP contribution >= 0.6 is 0 Å². The van der Waals surface area contributed by atoms with Crippen molar-refractivity contribution in [1.82, 2.24) is 5.32 Å². The largest absolute Gasteiger partial charge is 0.383 e. The van der Waals surface area contributed by atoms with Gasteiger partial charge in [0.15, 0.2) is 0 Å². The number of hydrogen-bond donors (Lipinski definition) is 2. The van der Waals surface area contributed by atoms with E-state index in [4.69, 9.17) is 4.74 Å². The van der Waals surface area contributed by atoms with E-state index in [-0.39, 0.29) is 5.91 Å². The van der Waals surface area contributed by atoms with E-state index in [0.29, 0.717) is 19.7 Å². The van der Waals surface area contributed by atoms with Crippen LogP contribution in [-0.4, -0.2) is 45.8 Å². The molecule has 1 aliphatic rings. The molecule has 110 valence electrons. The first-order valence-corrected chi connectivity index (χ1v) is 7.14. The van der Waals surface area contributed by atoms with Crippen LogP contribution in [0.25, 0.3) is 0 Å². The molecule has 2 rings (SSSR count). The van der Waals surface area contributed by atoms with E-state index in [1.807, 2.05) is 18.2 Å². The molecule has 5 nitrogen and oxygen atoms in total. The lowest BCUT2D eigenvalue weighted by Gasteiger charge is -2.18. The molecule has 0 bridgehead atoms. The van der Waals surface area contributed by atoms with Crippen molar-refractivity contribution in [1.29, 1.82) is 0 Å². The van der Waals surface area contributed by atoms with Crippen molar-refractivity contribution in [3.8, 4) is 0 Å². The number of nitrogens with zero attached hydrogens (tertiary/aromatic N) is 1. The van der Waals surface area contributed by atoms with Crippen LogP contribution < -0.4 is 15.5 Å². The summed E-state index contributed by atoms with van der Waals surface area (Å²) in [6.45, 7) is 3.80. The number of carbonyl (C=O) groups excluding carboxylic acids is 1. The van der Waals surface area contributed by atoms with Gasteiger partial charge in [0.25, 0.3) is 0 Å². The molecule has 1 fully saturated rings. The van der Waals surface area contributed by atoms with Gasteiger partial charge in [-0.2, -0.15) is 0 Å². The lowest BCUT2D eigenvalue weighted by atomic mass is 10.2. The fourth-order valence-electron chi connectivity index (χ4n) is 2.34. The second-order valence-corrected chi connectivity index (χ2v) is 4.96. The van der Waals surface area contributed by atoms with Crippen molar-refractivity contribution in [2.75, 3.05) is 50.1 Å². The number of methoxy groups -OCH3 is 1. The van der Waals surface area contributed by atoms with Gasteiger partial charge < -0.3 is 20.3 Å². The number of rotatable bonds is 7. The van der Waals surface area contributed by atoms with Crippen molar-refractivity contribution >= 4 is 17.3 Å². The minimum Gasteiger partial charge on any atom is -0.383 e. The van der Waals surface area contributed by atoms with Crippen LogP contribution in [0.1, 0.15) is 12.8 Å². The van der Waals surface area contributed by atoms with Crippen molar-refractivity contribution in [3.63, 3.8) is 0 Å². The van der Waals surface area contributed by atoms with Gasteiger partial charge in [0.1, 0.15) is 0 Å². The zero-order valence-corrected chi connectivity index (χ0v) is 12.0. The van der Waals surface area contributed by atoms with Gasteiger partial charge in [0.2, 0.25) is 5.91 Å². The summed E-state index contributed by atoms with van der Waals surface area (Å²) in [7, 11) is 1.64. The average molecular weight is 277 g/mol. The summed E-state index contributed by atoms with van der Waals surface area (Å²) in [4.78, 5) is 14.1. The molecular formula is C15H23N3O2. The first-order valence-electron chi connectivity index (χ1n) is 7.14. The van der Waals surface area contributed by atoms with Crippen molar-refractivity contribution in [2.45, 2.75) is 12.8 Å². The van der Waals surface area contributed by atoms with E-state index < -0.39 is 0 Å². The van der Waals surface area contributed by atoms with E-state index in [0.717, 1.165) is 18.8 Å². The maximum Gasteiger partial charge on any atom is 0.238 e. The van der Waals surface area contributed by atoms with E-state index >= 15 is 0 Å². The lowest BCUT2D eigenvalue weighted by Crippen LogP contribution is -2.30. The van der Waals surface area contributed by atoms with E-state index in [2.05, 4.69) is 21.6 Å². The van der Waals surface area contributed by atoms with Gasteiger partial charge in [-0.05, 0) is 31.0 Å². The molecule has 0 aliphatic carbocycles. The Bertz CT molecular complexity index is 431. The quantitative estimate of drug-likeness (QED) is 0.741. The Labute approximate surface area is 120 Å². The predicted molar refractivity (Wildman–Crippen MR) is 81.3 cm³/mol. The first kappa shape index (κ1) is 14.8. The average Bonchev–Trinajstić information content (AvgIpc) is 2.98. The van der Waals surface area contributed by atoms with Crippen molar-refractivity contribution < 1.29 is 9.53 Å². The van der Waals surface area contributed by atoms with Gasteiger partial charge in [-0.1, -0.05) is 6.07 Å². The molecule has 0 unspecified atom stereocenters. The smallest absolute Gasteiger partial charge is 0.238 e. The molecule has 0 atom stereocenters. The normalized spacial score (nSPS) is 14.6. The van der Waals surface area contributed by atoms with Crippen LogP contribution in [0.2, 0.25) is 0 Å². The number of hydrogen-bond acceptors (Lipinski definition) is 4. The summed E-state index contributed by atoms with van der Waals surface area (Å²) in [5.41, 5.74) is 2.04. The Hall–Kier alpha value is -1.59. The van der Waals surface area contributed by atoms with Crippen LogP contribution in [0.5, 0.6) is 0 Å². The SMILES string of the molecule is COCCNCC(=O)Nc1cccc(N2CCCC2)c1. The fourth-order valence-corrected chi connectivity index (χ4v) is 2.34. The third-order valence-electron chi connectivity index (χ3n) is 3.37. The van der Waals surface area contributed by atoms with Crippen molar-refractivity contribution in [2.24, 2.45) is 0 Å². The number of nitrogens with one attached hydrogen (secondary N) is 2. The predicted octanol–water partition coefficient (Wildman–Crippen LogP) is 1.46. The van der Waals surface area contributed by atoms with Gasteiger partial charge in [0, 0.05) is 38.1 Å². The number of ether oxygens (including phenoxy) is 1. The van der Waals surface area contributed by atoms with E-state index in [1.165, 1.54) is 18.5 Å². The molecule has 0 spiro atoms. The summed E-state index contributed by atoms with van der Waals surface area (Å²) < 4.78 is 4.91. The van der Waals surface area contributed by atoms with E-state index in [9.17, 15) is 4.79 Å². The molecule has 1 aromatic carbocycles. The Morgan fingerprint density at radius 3 is 2.90 bits per heavy atom. The summed E-state index contributed by atoms with van der Waals surface area (Å²) >= 11 is 0. The zero-order chi connectivity index (χ0) is 14.2. The molecule has 0 saturated carbocycles. The van der Waals surface area contributed by atoms with Gasteiger partial charge in [0.05, 0.1) is 13.2 Å². The highest BCUT2D eigenvalue weighted by molar-refractivity contribution is 5.92. The zero-order valence-electron chi connectivity index (χ0n) is 12.0. The molecule has 1 amide bonds. The molecule has 0 aromatic heterocycles. The summed E-state index contributed by atoms with van der Waals surface area (Å²) in [6, 6.07) is 8.05. The number of benzene rings is 1.